The van der Waals surface area contributed by atoms with Crippen LogP contribution in [0.3, 0.4) is 0 Å². The standard InChI is InChI=1S/C32H40N2O6/c1-5-40-19-9-18-33-32(36)28(20-24-10-7-6-8-11-24)34(23-25-12-15-27(37-2)16-13-25)31(35)22-26-14-17-29(38-3)30(21-26)39-4/h6-8,10-17,21,28H,5,9,18-20,22-23H2,1-4H3,(H,33,36)/t28-/m0/s1. The Labute approximate surface area is 237 Å². The Bertz CT molecular complexity index is 1200. The van der Waals surface area contributed by atoms with Crippen molar-refractivity contribution in [3.05, 3.63) is 89.5 Å². The van der Waals surface area contributed by atoms with Crippen molar-refractivity contribution >= 4 is 11.8 Å². The number of hydrogen-bond donors (Lipinski definition) is 1. The molecule has 0 saturated carbocycles. The summed E-state index contributed by atoms with van der Waals surface area (Å²) in [6.07, 6.45) is 1.17. The monoisotopic (exact) mass is 548 g/mol. The van der Waals surface area contributed by atoms with Gasteiger partial charge < -0.3 is 29.2 Å². The maximum absolute atomic E-state index is 14.0. The average molecular weight is 549 g/mol. The van der Waals surface area contributed by atoms with Crippen LogP contribution in [-0.2, 0) is 33.7 Å². The summed E-state index contributed by atoms with van der Waals surface area (Å²) in [4.78, 5) is 29.3. The predicted octanol–water partition coefficient (Wildman–Crippen LogP) is 4.44. The van der Waals surface area contributed by atoms with E-state index < -0.39 is 6.04 Å². The molecule has 0 aliphatic rings. The molecule has 8 nitrogen and oxygen atoms in total. The fourth-order valence-electron chi connectivity index (χ4n) is 4.40. The van der Waals surface area contributed by atoms with Crippen molar-refractivity contribution in [2.45, 2.75) is 38.8 Å². The lowest BCUT2D eigenvalue weighted by Crippen LogP contribution is -2.51. The van der Waals surface area contributed by atoms with E-state index in [2.05, 4.69) is 5.32 Å². The van der Waals surface area contributed by atoms with Crippen LogP contribution < -0.4 is 19.5 Å². The van der Waals surface area contributed by atoms with Gasteiger partial charge in [-0.3, -0.25) is 9.59 Å². The Morgan fingerprint density at radius 2 is 1.52 bits per heavy atom. The van der Waals surface area contributed by atoms with E-state index in [1.807, 2.05) is 67.6 Å². The first-order valence-electron chi connectivity index (χ1n) is 13.5. The molecule has 3 rings (SSSR count). The SMILES string of the molecule is CCOCCCNC(=O)[C@H](Cc1ccccc1)N(Cc1ccc(OC)cc1)C(=O)Cc1ccc(OC)c(OC)c1. The van der Waals surface area contributed by atoms with Gasteiger partial charge in [-0.1, -0.05) is 48.5 Å². The summed E-state index contributed by atoms with van der Waals surface area (Å²) >= 11 is 0. The normalized spacial score (nSPS) is 11.4. The first-order valence-corrected chi connectivity index (χ1v) is 13.5. The van der Waals surface area contributed by atoms with Crippen molar-refractivity contribution in [2.75, 3.05) is 41.1 Å². The summed E-state index contributed by atoms with van der Waals surface area (Å²) in [7, 11) is 4.74. The number of rotatable bonds is 16. The lowest BCUT2D eigenvalue weighted by molar-refractivity contribution is -0.140. The molecule has 0 aliphatic heterocycles. The van der Waals surface area contributed by atoms with E-state index in [1.165, 1.54) is 0 Å². The Balaban J connectivity index is 1.92. The van der Waals surface area contributed by atoms with Crippen molar-refractivity contribution < 1.29 is 28.5 Å². The average Bonchev–Trinajstić information content (AvgIpc) is 2.99. The molecule has 0 radical (unpaired) electrons. The van der Waals surface area contributed by atoms with Crippen LogP contribution in [0.1, 0.15) is 30.0 Å². The van der Waals surface area contributed by atoms with Crippen LogP contribution in [-0.4, -0.2) is 63.8 Å². The molecule has 0 heterocycles. The molecule has 0 bridgehead atoms. The molecule has 40 heavy (non-hydrogen) atoms. The number of methoxy groups -OCH3 is 3. The number of carbonyl (C=O) groups excluding carboxylic acids is 2. The van der Waals surface area contributed by atoms with Gasteiger partial charge in [-0.25, -0.2) is 0 Å². The maximum atomic E-state index is 14.0. The largest absolute Gasteiger partial charge is 0.497 e. The van der Waals surface area contributed by atoms with E-state index in [1.54, 1.807) is 38.4 Å². The van der Waals surface area contributed by atoms with Crippen molar-refractivity contribution in [1.29, 1.82) is 0 Å². The van der Waals surface area contributed by atoms with Crippen molar-refractivity contribution in [3.8, 4) is 17.2 Å². The summed E-state index contributed by atoms with van der Waals surface area (Å²) in [5.74, 6) is 1.48. The third kappa shape index (κ3) is 9.02. The fraction of sp³-hybridized carbons (Fsp3) is 0.375. The molecule has 3 aromatic rings. The van der Waals surface area contributed by atoms with E-state index in [4.69, 9.17) is 18.9 Å². The van der Waals surface area contributed by atoms with Crippen LogP contribution >= 0.6 is 0 Å². The van der Waals surface area contributed by atoms with Crippen LogP contribution in [0.4, 0.5) is 0 Å². The molecule has 3 aromatic carbocycles. The third-order valence-corrected chi connectivity index (χ3v) is 6.56. The molecule has 0 aliphatic carbocycles. The molecule has 1 N–H and O–H groups in total. The number of carbonyl (C=O) groups is 2. The molecule has 0 spiro atoms. The van der Waals surface area contributed by atoms with Crippen LogP contribution in [0, 0.1) is 0 Å². The van der Waals surface area contributed by atoms with Gasteiger partial charge in [0.25, 0.3) is 0 Å². The summed E-state index contributed by atoms with van der Waals surface area (Å²) in [6, 6.07) is 22.0. The number of hydrogen-bond acceptors (Lipinski definition) is 6. The van der Waals surface area contributed by atoms with E-state index >= 15 is 0 Å². The summed E-state index contributed by atoms with van der Waals surface area (Å²) < 4.78 is 21.5. The predicted molar refractivity (Wildman–Crippen MR) is 155 cm³/mol. The highest BCUT2D eigenvalue weighted by molar-refractivity contribution is 5.89. The molecule has 1 atom stereocenters. The Morgan fingerprint density at radius 1 is 0.825 bits per heavy atom. The lowest BCUT2D eigenvalue weighted by Gasteiger charge is -2.32. The zero-order valence-corrected chi connectivity index (χ0v) is 23.9. The quantitative estimate of drug-likeness (QED) is 0.267. The number of benzene rings is 3. The fourth-order valence-corrected chi connectivity index (χ4v) is 4.40. The smallest absolute Gasteiger partial charge is 0.243 e. The Hall–Kier alpha value is -4.04. The summed E-state index contributed by atoms with van der Waals surface area (Å²) in [6.45, 7) is 3.86. The van der Waals surface area contributed by atoms with Crippen molar-refractivity contribution in [1.82, 2.24) is 10.2 Å². The zero-order valence-electron chi connectivity index (χ0n) is 23.9. The lowest BCUT2D eigenvalue weighted by atomic mass is 10.0. The van der Waals surface area contributed by atoms with Gasteiger partial charge >= 0.3 is 0 Å². The van der Waals surface area contributed by atoms with Crippen molar-refractivity contribution in [3.63, 3.8) is 0 Å². The topological polar surface area (TPSA) is 86.3 Å². The molecule has 2 amide bonds. The first-order chi connectivity index (χ1) is 19.5. The van der Waals surface area contributed by atoms with Crippen LogP contribution in [0.25, 0.3) is 0 Å². The molecule has 0 aromatic heterocycles. The number of nitrogens with zero attached hydrogens (tertiary/aromatic N) is 1. The first kappa shape index (κ1) is 30.5. The highest BCUT2D eigenvalue weighted by Gasteiger charge is 2.30. The molecular formula is C32H40N2O6. The van der Waals surface area contributed by atoms with Crippen molar-refractivity contribution in [2.24, 2.45) is 0 Å². The van der Waals surface area contributed by atoms with E-state index in [0.29, 0.717) is 44.1 Å². The van der Waals surface area contributed by atoms with Gasteiger partial charge in [0, 0.05) is 32.7 Å². The van der Waals surface area contributed by atoms with Crippen LogP contribution in [0.5, 0.6) is 17.2 Å². The van der Waals surface area contributed by atoms with Gasteiger partial charge in [-0.15, -0.1) is 0 Å². The maximum Gasteiger partial charge on any atom is 0.243 e. The molecular weight excluding hydrogens is 508 g/mol. The number of nitrogens with one attached hydrogen (secondary N) is 1. The summed E-state index contributed by atoms with van der Waals surface area (Å²) in [5.41, 5.74) is 2.62. The molecule has 214 valence electrons. The van der Waals surface area contributed by atoms with E-state index in [-0.39, 0.29) is 24.8 Å². The zero-order chi connectivity index (χ0) is 28.7. The molecule has 8 heteroatoms. The minimum Gasteiger partial charge on any atom is -0.497 e. The van der Waals surface area contributed by atoms with E-state index in [9.17, 15) is 9.59 Å². The summed E-state index contributed by atoms with van der Waals surface area (Å²) in [5, 5.41) is 3.03. The van der Waals surface area contributed by atoms with Gasteiger partial charge in [-0.2, -0.15) is 0 Å². The van der Waals surface area contributed by atoms with Crippen LogP contribution in [0.15, 0.2) is 72.8 Å². The van der Waals surface area contributed by atoms with Gasteiger partial charge in [0.05, 0.1) is 27.8 Å². The van der Waals surface area contributed by atoms with Gasteiger partial charge in [0.2, 0.25) is 11.8 Å². The second-order valence-corrected chi connectivity index (χ2v) is 9.28. The second kappa shape index (κ2) is 16.2. The van der Waals surface area contributed by atoms with Crippen LogP contribution in [0.2, 0.25) is 0 Å². The van der Waals surface area contributed by atoms with E-state index in [0.717, 1.165) is 22.4 Å². The highest BCUT2D eigenvalue weighted by Crippen LogP contribution is 2.28. The van der Waals surface area contributed by atoms with Gasteiger partial charge in [-0.05, 0) is 54.3 Å². The number of amides is 2. The molecule has 0 fully saturated rings. The Morgan fingerprint density at radius 3 is 2.17 bits per heavy atom. The number of ether oxygens (including phenoxy) is 4. The Kier molecular flexibility index (Phi) is 12.3. The van der Waals surface area contributed by atoms with Gasteiger partial charge in [0.1, 0.15) is 11.8 Å². The minimum absolute atomic E-state index is 0.0966. The second-order valence-electron chi connectivity index (χ2n) is 9.28. The molecule has 0 unspecified atom stereocenters. The molecule has 0 saturated heterocycles. The third-order valence-electron chi connectivity index (χ3n) is 6.56. The minimum atomic E-state index is -0.718. The van der Waals surface area contributed by atoms with Gasteiger partial charge in [0.15, 0.2) is 11.5 Å². The highest BCUT2D eigenvalue weighted by atomic mass is 16.5.